The van der Waals surface area contributed by atoms with Crippen molar-refractivity contribution >= 4 is 5.69 Å². The molecule has 2 rings (SSSR count). The van der Waals surface area contributed by atoms with Crippen molar-refractivity contribution in [2.75, 3.05) is 25.6 Å². The highest BCUT2D eigenvalue weighted by molar-refractivity contribution is 5.48. The average molecular weight is 271 g/mol. The van der Waals surface area contributed by atoms with Crippen molar-refractivity contribution < 1.29 is 9.84 Å². The standard InChI is InChI=1S/C17H21NO2/c1-18(15-8-10-16(20-2)11-9-15)13-12-17(19)14-6-4-3-5-7-14/h3-11,17,19H,12-13H2,1-2H3. The predicted molar refractivity (Wildman–Crippen MR) is 82.3 cm³/mol. The number of benzene rings is 2. The zero-order chi connectivity index (χ0) is 14.4. The fourth-order valence-corrected chi connectivity index (χ4v) is 2.12. The lowest BCUT2D eigenvalue weighted by atomic mass is 10.1. The summed E-state index contributed by atoms with van der Waals surface area (Å²) in [5, 5.41) is 10.2. The summed E-state index contributed by atoms with van der Waals surface area (Å²) in [4.78, 5) is 2.13. The lowest BCUT2D eigenvalue weighted by Crippen LogP contribution is -2.20. The van der Waals surface area contributed by atoms with E-state index >= 15 is 0 Å². The Morgan fingerprint density at radius 1 is 1.05 bits per heavy atom. The van der Waals surface area contributed by atoms with Gasteiger partial charge in [0.2, 0.25) is 0 Å². The molecule has 1 atom stereocenters. The second-order valence-corrected chi connectivity index (χ2v) is 4.83. The number of aliphatic hydroxyl groups is 1. The van der Waals surface area contributed by atoms with Crippen molar-refractivity contribution in [3.8, 4) is 5.75 Å². The summed E-state index contributed by atoms with van der Waals surface area (Å²) < 4.78 is 5.15. The van der Waals surface area contributed by atoms with Crippen LogP contribution in [-0.2, 0) is 0 Å². The van der Waals surface area contributed by atoms with Crippen molar-refractivity contribution in [1.82, 2.24) is 0 Å². The highest BCUT2D eigenvalue weighted by atomic mass is 16.5. The third-order valence-corrected chi connectivity index (χ3v) is 3.44. The topological polar surface area (TPSA) is 32.7 Å². The molecule has 1 N–H and O–H groups in total. The molecule has 0 heterocycles. The number of methoxy groups -OCH3 is 1. The molecule has 0 saturated heterocycles. The van der Waals surface area contributed by atoms with Gasteiger partial charge in [-0.2, -0.15) is 0 Å². The molecule has 0 amide bonds. The predicted octanol–water partition coefficient (Wildman–Crippen LogP) is 3.26. The van der Waals surface area contributed by atoms with Crippen LogP contribution in [0.25, 0.3) is 0 Å². The van der Waals surface area contributed by atoms with Crippen molar-refractivity contribution in [3.05, 3.63) is 60.2 Å². The number of anilines is 1. The molecule has 0 aliphatic heterocycles. The lowest BCUT2D eigenvalue weighted by Gasteiger charge is -2.21. The highest BCUT2D eigenvalue weighted by Crippen LogP contribution is 2.21. The smallest absolute Gasteiger partial charge is 0.119 e. The Labute approximate surface area is 120 Å². The SMILES string of the molecule is COc1ccc(N(C)CCC(O)c2ccccc2)cc1. The van der Waals surface area contributed by atoms with Gasteiger partial charge in [0.25, 0.3) is 0 Å². The van der Waals surface area contributed by atoms with Crippen LogP contribution in [0.15, 0.2) is 54.6 Å². The monoisotopic (exact) mass is 271 g/mol. The Hall–Kier alpha value is -2.00. The Morgan fingerprint density at radius 3 is 2.30 bits per heavy atom. The van der Waals surface area contributed by atoms with Crippen molar-refractivity contribution in [2.45, 2.75) is 12.5 Å². The third-order valence-electron chi connectivity index (χ3n) is 3.44. The minimum atomic E-state index is -0.420. The van der Waals surface area contributed by atoms with Crippen molar-refractivity contribution in [1.29, 1.82) is 0 Å². The summed E-state index contributed by atoms with van der Waals surface area (Å²) in [5.41, 5.74) is 2.08. The van der Waals surface area contributed by atoms with Gasteiger partial charge in [0.15, 0.2) is 0 Å². The van der Waals surface area contributed by atoms with Gasteiger partial charge in [-0.25, -0.2) is 0 Å². The number of ether oxygens (including phenoxy) is 1. The van der Waals surface area contributed by atoms with Crippen LogP contribution in [0.2, 0.25) is 0 Å². The fraction of sp³-hybridized carbons (Fsp3) is 0.294. The molecule has 0 aliphatic rings. The molecule has 0 saturated carbocycles. The largest absolute Gasteiger partial charge is 0.497 e. The van der Waals surface area contributed by atoms with Crippen LogP contribution in [0.4, 0.5) is 5.69 Å². The minimum Gasteiger partial charge on any atom is -0.497 e. The van der Waals surface area contributed by atoms with E-state index in [4.69, 9.17) is 4.74 Å². The molecule has 3 heteroatoms. The van der Waals surface area contributed by atoms with E-state index in [1.165, 1.54) is 0 Å². The second-order valence-electron chi connectivity index (χ2n) is 4.83. The Bertz CT molecular complexity index is 510. The molecule has 20 heavy (non-hydrogen) atoms. The molecule has 2 aromatic rings. The van der Waals surface area contributed by atoms with E-state index in [1.54, 1.807) is 7.11 Å². The molecule has 0 aliphatic carbocycles. The summed E-state index contributed by atoms with van der Waals surface area (Å²) in [6, 6.07) is 17.7. The molecule has 106 valence electrons. The summed E-state index contributed by atoms with van der Waals surface area (Å²) in [5.74, 6) is 0.853. The van der Waals surface area contributed by atoms with E-state index in [0.717, 1.165) is 23.5 Å². The first-order valence-corrected chi connectivity index (χ1v) is 6.79. The van der Waals surface area contributed by atoms with Crippen LogP contribution < -0.4 is 9.64 Å². The summed E-state index contributed by atoms with van der Waals surface area (Å²) in [6.45, 7) is 0.794. The first kappa shape index (κ1) is 14.4. The van der Waals surface area contributed by atoms with Crippen LogP contribution in [0.1, 0.15) is 18.1 Å². The zero-order valence-corrected chi connectivity index (χ0v) is 12.0. The van der Waals surface area contributed by atoms with Gasteiger partial charge in [0.05, 0.1) is 13.2 Å². The minimum absolute atomic E-state index is 0.420. The van der Waals surface area contributed by atoms with Gasteiger partial charge in [-0.15, -0.1) is 0 Å². The zero-order valence-electron chi connectivity index (χ0n) is 12.0. The number of nitrogens with zero attached hydrogens (tertiary/aromatic N) is 1. The molecule has 2 aromatic carbocycles. The lowest BCUT2D eigenvalue weighted by molar-refractivity contribution is 0.170. The maximum Gasteiger partial charge on any atom is 0.119 e. The van der Waals surface area contributed by atoms with Crippen LogP contribution in [-0.4, -0.2) is 25.8 Å². The van der Waals surface area contributed by atoms with Gasteiger partial charge >= 0.3 is 0 Å². The Morgan fingerprint density at radius 2 is 1.70 bits per heavy atom. The molecule has 0 radical (unpaired) electrons. The summed E-state index contributed by atoms with van der Waals surface area (Å²) in [7, 11) is 3.69. The highest BCUT2D eigenvalue weighted by Gasteiger charge is 2.09. The quantitative estimate of drug-likeness (QED) is 0.875. The normalized spacial score (nSPS) is 11.9. The fourth-order valence-electron chi connectivity index (χ4n) is 2.12. The third kappa shape index (κ3) is 3.75. The Kier molecular flexibility index (Phi) is 5.02. The number of hydrogen-bond acceptors (Lipinski definition) is 3. The molecule has 0 spiro atoms. The van der Waals surface area contributed by atoms with E-state index in [-0.39, 0.29) is 0 Å². The maximum atomic E-state index is 10.2. The maximum absolute atomic E-state index is 10.2. The van der Waals surface area contributed by atoms with E-state index in [9.17, 15) is 5.11 Å². The summed E-state index contributed by atoms with van der Waals surface area (Å²) in [6.07, 6.45) is 0.281. The van der Waals surface area contributed by atoms with Gasteiger partial charge in [0.1, 0.15) is 5.75 Å². The Balaban J connectivity index is 1.89. The van der Waals surface area contributed by atoms with E-state index in [0.29, 0.717) is 6.42 Å². The van der Waals surface area contributed by atoms with E-state index in [1.807, 2.05) is 61.6 Å². The number of hydrogen-bond donors (Lipinski definition) is 1. The first-order chi connectivity index (χ1) is 9.70. The van der Waals surface area contributed by atoms with E-state index in [2.05, 4.69) is 4.90 Å². The van der Waals surface area contributed by atoms with Crippen LogP contribution in [0.5, 0.6) is 5.75 Å². The first-order valence-electron chi connectivity index (χ1n) is 6.79. The van der Waals surface area contributed by atoms with Gasteiger partial charge in [0, 0.05) is 19.3 Å². The van der Waals surface area contributed by atoms with Crippen molar-refractivity contribution in [3.63, 3.8) is 0 Å². The molecule has 1 unspecified atom stereocenters. The van der Waals surface area contributed by atoms with Gasteiger partial charge in [-0.05, 0) is 36.2 Å². The molecule has 3 nitrogen and oxygen atoms in total. The van der Waals surface area contributed by atoms with Gasteiger partial charge < -0.3 is 14.7 Å². The molecule has 0 bridgehead atoms. The van der Waals surface area contributed by atoms with Crippen LogP contribution >= 0.6 is 0 Å². The molecule has 0 fully saturated rings. The summed E-state index contributed by atoms with van der Waals surface area (Å²) >= 11 is 0. The second kappa shape index (κ2) is 6.96. The van der Waals surface area contributed by atoms with E-state index < -0.39 is 6.10 Å². The number of aliphatic hydroxyl groups excluding tert-OH is 1. The van der Waals surface area contributed by atoms with Crippen molar-refractivity contribution in [2.24, 2.45) is 0 Å². The average Bonchev–Trinajstić information content (AvgIpc) is 2.53. The molecule has 0 aromatic heterocycles. The molecular weight excluding hydrogens is 250 g/mol. The molecular formula is C17H21NO2. The van der Waals surface area contributed by atoms with Gasteiger partial charge in [-0.1, -0.05) is 30.3 Å². The van der Waals surface area contributed by atoms with Crippen LogP contribution in [0, 0.1) is 0 Å². The van der Waals surface area contributed by atoms with Gasteiger partial charge in [-0.3, -0.25) is 0 Å². The van der Waals surface area contributed by atoms with Crippen LogP contribution in [0.3, 0.4) is 0 Å². The number of rotatable bonds is 6.